The van der Waals surface area contributed by atoms with Crippen LogP contribution in [0.1, 0.15) is 25.3 Å². The van der Waals surface area contributed by atoms with E-state index >= 15 is 0 Å². The molecule has 1 N–H and O–H groups in total. The summed E-state index contributed by atoms with van der Waals surface area (Å²) in [5, 5.41) is 8.59. The van der Waals surface area contributed by atoms with Gasteiger partial charge >= 0.3 is 5.97 Å². The molecule has 0 aliphatic rings. The standard InChI is InChI=1S/C13H18O3/c1-11(13(14)15)16-10-6-5-9-12-7-3-2-4-8-12/h2-4,7-8,11H,5-6,9-10H2,1H3,(H,14,15). The number of unbranched alkanes of at least 4 members (excludes halogenated alkanes) is 1. The van der Waals surface area contributed by atoms with Crippen molar-refractivity contribution in [1.29, 1.82) is 0 Å². The van der Waals surface area contributed by atoms with Crippen LogP contribution in [0.5, 0.6) is 0 Å². The van der Waals surface area contributed by atoms with E-state index in [0.717, 1.165) is 19.3 Å². The summed E-state index contributed by atoms with van der Waals surface area (Å²) < 4.78 is 5.14. The second-order valence-electron chi connectivity index (χ2n) is 3.79. The zero-order valence-corrected chi connectivity index (χ0v) is 9.56. The lowest BCUT2D eigenvalue weighted by molar-refractivity contribution is -0.149. The molecule has 1 aromatic rings. The first-order valence-corrected chi connectivity index (χ1v) is 5.58. The van der Waals surface area contributed by atoms with Gasteiger partial charge in [-0.3, -0.25) is 0 Å². The van der Waals surface area contributed by atoms with Gasteiger partial charge in [0.05, 0.1) is 0 Å². The number of carbonyl (C=O) groups is 1. The molecular formula is C13H18O3. The lowest BCUT2D eigenvalue weighted by Crippen LogP contribution is -2.20. The number of aryl methyl sites for hydroxylation is 1. The van der Waals surface area contributed by atoms with Crippen LogP contribution in [0, 0.1) is 0 Å². The fourth-order valence-corrected chi connectivity index (χ4v) is 1.41. The van der Waals surface area contributed by atoms with E-state index in [1.165, 1.54) is 5.56 Å². The van der Waals surface area contributed by atoms with Gasteiger partial charge in [-0.25, -0.2) is 4.79 Å². The van der Waals surface area contributed by atoms with Crippen molar-refractivity contribution in [2.45, 2.75) is 32.3 Å². The molecule has 0 spiro atoms. The lowest BCUT2D eigenvalue weighted by atomic mass is 10.1. The number of hydrogen-bond acceptors (Lipinski definition) is 2. The summed E-state index contributed by atoms with van der Waals surface area (Å²) in [7, 11) is 0. The van der Waals surface area contributed by atoms with E-state index in [4.69, 9.17) is 9.84 Å². The maximum absolute atomic E-state index is 10.5. The zero-order chi connectivity index (χ0) is 11.8. The van der Waals surface area contributed by atoms with E-state index < -0.39 is 12.1 Å². The summed E-state index contributed by atoms with van der Waals surface area (Å²) in [5.41, 5.74) is 1.31. The van der Waals surface area contributed by atoms with E-state index in [-0.39, 0.29) is 0 Å². The smallest absolute Gasteiger partial charge is 0.332 e. The largest absolute Gasteiger partial charge is 0.479 e. The van der Waals surface area contributed by atoms with Crippen LogP contribution in [0.15, 0.2) is 30.3 Å². The second-order valence-corrected chi connectivity index (χ2v) is 3.79. The van der Waals surface area contributed by atoms with Crippen LogP contribution < -0.4 is 0 Å². The lowest BCUT2D eigenvalue weighted by Gasteiger charge is -2.07. The van der Waals surface area contributed by atoms with Gasteiger partial charge in [-0.2, -0.15) is 0 Å². The topological polar surface area (TPSA) is 46.5 Å². The number of carboxylic acids is 1. The Morgan fingerprint density at radius 3 is 2.62 bits per heavy atom. The molecule has 1 atom stereocenters. The van der Waals surface area contributed by atoms with Crippen molar-refractivity contribution < 1.29 is 14.6 Å². The van der Waals surface area contributed by atoms with E-state index in [1.54, 1.807) is 6.92 Å². The highest BCUT2D eigenvalue weighted by Gasteiger charge is 2.09. The molecule has 0 heterocycles. The molecule has 0 fully saturated rings. The third-order valence-electron chi connectivity index (χ3n) is 2.42. The minimum Gasteiger partial charge on any atom is -0.479 e. The monoisotopic (exact) mass is 222 g/mol. The molecule has 0 aliphatic carbocycles. The number of benzene rings is 1. The number of carboxylic acid groups (broad SMARTS) is 1. The first-order chi connectivity index (χ1) is 7.70. The van der Waals surface area contributed by atoms with Crippen LogP contribution >= 0.6 is 0 Å². The Hall–Kier alpha value is -1.35. The summed E-state index contributed by atoms with van der Waals surface area (Å²) in [4.78, 5) is 10.5. The molecule has 16 heavy (non-hydrogen) atoms. The van der Waals surface area contributed by atoms with Gasteiger partial charge in [-0.1, -0.05) is 30.3 Å². The van der Waals surface area contributed by atoms with Crippen LogP contribution in [0.3, 0.4) is 0 Å². The number of hydrogen-bond donors (Lipinski definition) is 1. The van der Waals surface area contributed by atoms with Crippen molar-refractivity contribution in [3.8, 4) is 0 Å². The Balaban J connectivity index is 2.07. The van der Waals surface area contributed by atoms with Crippen LogP contribution in [0.25, 0.3) is 0 Å². The van der Waals surface area contributed by atoms with Crippen molar-refractivity contribution in [2.24, 2.45) is 0 Å². The molecule has 0 radical (unpaired) electrons. The predicted octanol–water partition coefficient (Wildman–Crippen LogP) is 2.50. The van der Waals surface area contributed by atoms with Gasteiger partial charge in [-0.05, 0) is 31.7 Å². The summed E-state index contributed by atoms with van der Waals surface area (Å²) >= 11 is 0. The molecule has 88 valence electrons. The zero-order valence-electron chi connectivity index (χ0n) is 9.56. The second kappa shape index (κ2) is 7.01. The van der Waals surface area contributed by atoms with Gasteiger partial charge in [0.15, 0.2) is 6.10 Å². The highest BCUT2D eigenvalue weighted by Crippen LogP contribution is 2.05. The molecule has 3 heteroatoms. The molecule has 3 nitrogen and oxygen atoms in total. The molecule has 0 saturated carbocycles. The molecule has 0 amide bonds. The Labute approximate surface area is 96.1 Å². The Kier molecular flexibility index (Phi) is 5.57. The Bertz CT molecular complexity index is 308. The number of rotatable bonds is 7. The minimum atomic E-state index is -0.900. The van der Waals surface area contributed by atoms with Gasteiger partial charge in [0.2, 0.25) is 0 Å². The van der Waals surface area contributed by atoms with Crippen molar-refractivity contribution >= 4 is 5.97 Å². The maximum atomic E-state index is 10.5. The van der Waals surface area contributed by atoms with Crippen molar-refractivity contribution in [2.75, 3.05) is 6.61 Å². The fourth-order valence-electron chi connectivity index (χ4n) is 1.41. The summed E-state index contributed by atoms with van der Waals surface area (Å²) in [6.45, 7) is 2.07. The van der Waals surface area contributed by atoms with Crippen LogP contribution in [0.2, 0.25) is 0 Å². The third-order valence-corrected chi connectivity index (χ3v) is 2.42. The van der Waals surface area contributed by atoms with E-state index in [2.05, 4.69) is 12.1 Å². The first kappa shape index (κ1) is 12.7. The van der Waals surface area contributed by atoms with Gasteiger partial charge < -0.3 is 9.84 Å². The molecule has 1 unspecified atom stereocenters. The first-order valence-electron chi connectivity index (χ1n) is 5.58. The SMILES string of the molecule is CC(OCCCCc1ccccc1)C(=O)O. The van der Waals surface area contributed by atoms with Gasteiger partial charge in [0.1, 0.15) is 0 Å². The van der Waals surface area contributed by atoms with Crippen molar-refractivity contribution in [1.82, 2.24) is 0 Å². The molecule has 0 bridgehead atoms. The fraction of sp³-hybridized carbons (Fsp3) is 0.462. The van der Waals surface area contributed by atoms with E-state index in [0.29, 0.717) is 6.61 Å². The molecular weight excluding hydrogens is 204 g/mol. The number of aliphatic carboxylic acids is 1. The Morgan fingerprint density at radius 1 is 1.31 bits per heavy atom. The average molecular weight is 222 g/mol. The van der Waals surface area contributed by atoms with Crippen LogP contribution in [-0.4, -0.2) is 23.8 Å². The van der Waals surface area contributed by atoms with E-state index in [1.807, 2.05) is 18.2 Å². The highest BCUT2D eigenvalue weighted by molar-refractivity contribution is 5.71. The predicted molar refractivity (Wildman–Crippen MR) is 62.4 cm³/mol. The summed E-state index contributed by atoms with van der Waals surface area (Å²) in [6, 6.07) is 10.2. The quantitative estimate of drug-likeness (QED) is 0.721. The molecule has 0 aromatic heterocycles. The third kappa shape index (κ3) is 4.94. The van der Waals surface area contributed by atoms with Crippen molar-refractivity contribution in [3.63, 3.8) is 0 Å². The summed E-state index contributed by atoms with van der Waals surface area (Å²) in [6.07, 6.45) is 2.24. The summed E-state index contributed by atoms with van der Waals surface area (Å²) in [5.74, 6) is -0.900. The normalized spacial score (nSPS) is 12.3. The van der Waals surface area contributed by atoms with Crippen LogP contribution in [0.4, 0.5) is 0 Å². The van der Waals surface area contributed by atoms with Gasteiger partial charge in [0, 0.05) is 6.61 Å². The van der Waals surface area contributed by atoms with Crippen LogP contribution in [-0.2, 0) is 16.0 Å². The Morgan fingerprint density at radius 2 is 2.00 bits per heavy atom. The number of ether oxygens (including phenoxy) is 1. The maximum Gasteiger partial charge on any atom is 0.332 e. The molecule has 0 aliphatic heterocycles. The van der Waals surface area contributed by atoms with Gasteiger partial charge in [-0.15, -0.1) is 0 Å². The molecule has 0 saturated heterocycles. The van der Waals surface area contributed by atoms with E-state index in [9.17, 15) is 4.79 Å². The molecule has 1 rings (SSSR count). The average Bonchev–Trinajstić information content (AvgIpc) is 2.29. The minimum absolute atomic E-state index is 0.514. The highest BCUT2D eigenvalue weighted by atomic mass is 16.5. The van der Waals surface area contributed by atoms with Gasteiger partial charge in [0.25, 0.3) is 0 Å². The van der Waals surface area contributed by atoms with Crippen molar-refractivity contribution in [3.05, 3.63) is 35.9 Å². The molecule has 1 aromatic carbocycles.